The number of aliphatic hydroxyl groups is 1. The van der Waals surface area contributed by atoms with Gasteiger partial charge in [-0.05, 0) is 12.8 Å². The Kier molecular flexibility index (Phi) is 5.18. The number of nitrogens with zero attached hydrogens (tertiary/aromatic N) is 4. The van der Waals surface area contributed by atoms with Gasteiger partial charge in [-0.3, -0.25) is 9.80 Å². The molecule has 0 atom stereocenters. The Bertz CT molecular complexity index is 406. The highest BCUT2D eigenvalue weighted by molar-refractivity contribution is 4.92. The fourth-order valence-electron chi connectivity index (χ4n) is 2.74. The second-order valence-electron chi connectivity index (χ2n) is 5.94. The van der Waals surface area contributed by atoms with Crippen LogP contribution in [0, 0.1) is 0 Å². The lowest BCUT2D eigenvalue weighted by Crippen LogP contribution is -2.51. The van der Waals surface area contributed by atoms with Crippen LogP contribution in [0.15, 0.2) is 12.4 Å². The van der Waals surface area contributed by atoms with E-state index in [0.29, 0.717) is 0 Å². The average molecular weight is 280 g/mol. The molecule has 0 spiro atoms. The van der Waals surface area contributed by atoms with E-state index in [1.54, 1.807) is 0 Å². The van der Waals surface area contributed by atoms with Crippen molar-refractivity contribution >= 4 is 0 Å². The number of imidazole rings is 1. The van der Waals surface area contributed by atoms with E-state index in [-0.39, 0.29) is 0 Å². The molecule has 5 nitrogen and oxygen atoms in total. The van der Waals surface area contributed by atoms with Gasteiger partial charge in [0.25, 0.3) is 0 Å². The molecule has 1 N–H and O–H groups in total. The van der Waals surface area contributed by atoms with Crippen molar-refractivity contribution in [1.29, 1.82) is 0 Å². The fraction of sp³-hybridized carbons (Fsp3) is 0.800. The first-order valence-corrected chi connectivity index (χ1v) is 7.69. The smallest absolute Gasteiger partial charge is 0.122 e. The average Bonchev–Trinajstić information content (AvgIpc) is 2.86. The van der Waals surface area contributed by atoms with Crippen molar-refractivity contribution in [3.63, 3.8) is 0 Å². The van der Waals surface area contributed by atoms with E-state index in [4.69, 9.17) is 0 Å². The summed E-state index contributed by atoms with van der Waals surface area (Å²) in [5.41, 5.74) is -0.512. The second-order valence-corrected chi connectivity index (χ2v) is 5.94. The maximum atomic E-state index is 10.4. The second kappa shape index (κ2) is 6.70. The molecule has 0 saturated carbocycles. The predicted molar refractivity (Wildman–Crippen MR) is 80.5 cm³/mol. The lowest BCUT2D eigenvalue weighted by Gasteiger charge is -2.38. The molecule has 0 unspecified atom stereocenters. The molecule has 5 heteroatoms. The van der Waals surface area contributed by atoms with Gasteiger partial charge < -0.3 is 9.67 Å². The highest BCUT2D eigenvalue weighted by Crippen LogP contribution is 2.17. The Morgan fingerprint density at radius 1 is 1.15 bits per heavy atom. The van der Waals surface area contributed by atoms with Gasteiger partial charge in [0.1, 0.15) is 5.82 Å². The zero-order valence-corrected chi connectivity index (χ0v) is 13.0. The third kappa shape index (κ3) is 3.81. The summed E-state index contributed by atoms with van der Waals surface area (Å²) in [5.74, 6) is 1.12. The summed E-state index contributed by atoms with van der Waals surface area (Å²) in [5, 5.41) is 10.4. The molecule has 1 aromatic heterocycles. The van der Waals surface area contributed by atoms with Crippen molar-refractivity contribution in [2.45, 2.75) is 38.8 Å². The van der Waals surface area contributed by atoms with Crippen LogP contribution in [-0.4, -0.2) is 62.8 Å². The highest BCUT2D eigenvalue weighted by Gasteiger charge is 2.27. The molecule has 0 radical (unpaired) electrons. The van der Waals surface area contributed by atoms with Crippen LogP contribution >= 0.6 is 0 Å². The first kappa shape index (κ1) is 15.5. The molecule has 1 aromatic rings. The van der Waals surface area contributed by atoms with Crippen LogP contribution < -0.4 is 0 Å². The monoisotopic (exact) mass is 280 g/mol. The summed E-state index contributed by atoms with van der Waals surface area (Å²) in [6.07, 6.45) is 5.51. The van der Waals surface area contributed by atoms with Crippen molar-refractivity contribution in [3.05, 3.63) is 18.2 Å². The molecule has 2 heterocycles. The summed E-state index contributed by atoms with van der Waals surface area (Å²) in [6.45, 7) is 10.0. The number of hydrogen-bond acceptors (Lipinski definition) is 4. The molecule has 1 fully saturated rings. The van der Waals surface area contributed by atoms with E-state index < -0.39 is 5.60 Å². The molecule has 0 amide bonds. The van der Waals surface area contributed by atoms with Crippen molar-refractivity contribution in [2.75, 3.05) is 32.7 Å². The van der Waals surface area contributed by atoms with E-state index in [9.17, 15) is 5.11 Å². The number of aromatic nitrogens is 2. The van der Waals surface area contributed by atoms with E-state index in [2.05, 4.69) is 33.2 Å². The van der Waals surface area contributed by atoms with Crippen LogP contribution in [-0.2, 0) is 13.6 Å². The van der Waals surface area contributed by atoms with Gasteiger partial charge in [-0.1, -0.05) is 13.8 Å². The first-order valence-electron chi connectivity index (χ1n) is 7.69. The molecule has 0 aliphatic carbocycles. The summed E-state index contributed by atoms with van der Waals surface area (Å²) in [4.78, 5) is 9.21. The van der Waals surface area contributed by atoms with Gasteiger partial charge in [-0.25, -0.2) is 4.98 Å². The van der Waals surface area contributed by atoms with E-state index in [1.165, 1.54) is 0 Å². The molecule has 2 rings (SSSR count). The maximum absolute atomic E-state index is 10.4. The highest BCUT2D eigenvalue weighted by atomic mass is 16.3. The Balaban J connectivity index is 1.79. The van der Waals surface area contributed by atoms with E-state index in [0.717, 1.165) is 57.9 Å². The molecule has 0 aromatic carbocycles. The number of β-amino-alcohol motifs (C(OH)–C–C–N with tert-alkyl or cyclic N) is 1. The minimum absolute atomic E-state index is 0.512. The SMILES string of the molecule is CCC(O)(CC)CN1CCN(Cc2nccn2C)CC1. The van der Waals surface area contributed by atoms with Crippen LogP contribution in [0.2, 0.25) is 0 Å². The molecule has 114 valence electrons. The van der Waals surface area contributed by atoms with Gasteiger partial charge in [0, 0.05) is 52.2 Å². The lowest BCUT2D eigenvalue weighted by atomic mass is 9.96. The fourth-order valence-corrected chi connectivity index (χ4v) is 2.74. The largest absolute Gasteiger partial charge is 0.389 e. The molecular formula is C15H28N4O. The molecule has 0 bridgehead atoms. The summed E-state index contributed by atoms with van der Waals surface area (Å²) in [7, 11) is 2.04. The normalized spacial score (nSPS) is 18.6. The van der Waals surface area contributed by atoms with Crippen molar-refractivity contribution in [2.24, 2.45) is 7.05 Å². The first-order chi connectivity index (χ1) is 9.56. The van der Waals surface area contributed by atoms with Gasteiger partial charge in [-0.2, -0.15) is 0 Å². The van der Waals surface area contributed by atoms with Crippen molar-refractivity contribution in [1.82, 2.24) is 19.4 Å². The van der Waals surface area contributed by atoms with Crippen LogP contribution in [0.3, 0.4) is 0 Å². The van der Waals surface area contributed by atoms with Gasteiger partial charge in [0.15, 0.2) is 0 Å². The number of aryl methyl sites for hydroxylation is 1. The molecule has 1 aliphatic heterocycles. The Labute approximate surface area is 122 Å². The van der Waals surface area contributed by atoms with Gasteiger partial charge in [0.2, 0.25) is 0 Å². The number of piperazine rings is 1. The molecule has 1 saturated heterocycles. The Morgan fingerprint density at radius 2 is 1.75 bits per heavy atom. The van der Waals surface area contributed by atoms with Crippen LogP contribution in [0.4, 0.5) is 0 Å². The number of rotatable bonds is 6. The van der Waals surface area contributed by atoms with Gasteiger partial charge in [0.05, 0.1) is 12.1 Å². The quantitative estimate of drug-likeness (QED) is 0.847. The zero-order chi connectivity index (χ0) is 14.6. The summed E-state index contributed by atoms with van der Waals surface area (Å²) < 4.78 is 2.08. The predicted octanol–water partition coefficient (Wildman–Crippen LogP) is 1.09. The topological polar surface area (TPSA) is 44.5 Å². The van der Waals surface area contributed by atoms with E-state index in [1.807, 2.05) is 19.4 Å². The zero-order valence-electron chi connectivity index (χ0n) is 13.0. The Morgan fingerprint density at radius 3 is 2.25 bits per heavy atom. The van der Waals surface area contributed by atoms with Crippen LogP contribution in [0.1, 0.15) is 32.5 Å². The summed E-state index contributed by atoms with van der Waals surface area (Å²) in [6, 6.07) is 0. The minimum Gasteiger partial charge on any atom is -0.389 e. The third-order valence-electron chi connectivity index (χ3n) is 4.59. The van der Waals surface area contributed by atoms with E-state index >= 15 is 0 Å². The Hall–Kier alpha value is -0.910. The standard InChI is InChI=1S/C15H28N4O/c1-4-15(20,5-2)13-19-10-8-18(9-11-19)12-14-16-6-7-17(14)3/h6-7,20H,4-5,8-13H2,1-3H3. The molecular weight excluding hydrogens is 252 g/mol. The van der Waals surface area contributed by atoms with Gasteiger partial charge >= 0.3 is 0 Å². The maximum Gasteiger partial charge on any atom is 0.122 e. The van der Waals surface area contributed by atoms with Gasteiger partial charge in [-0.15, -0.1) is 0 Å². The molecule has 20 heavy (non-hydrogen) atoms. The van der Waals surface area contributed by atoms with Crippen molar-refractivity contribution < 1.29 is 5.11 Å². The summed E-state index contributed by atoms with van der Waals surface area (Å²) >= 11 is 0. The van der Waals surface area contributed by atoms with Crippen LogP contribution in [0.5, 0.6) is 0 Å². The lowest BCUT2D eigenvalue weighted by molar-refractivity contribution is -0.0164. The minimum atomic E-state index is -0.512. The third-order valence-corrected chi connectivity index (χ3v) is 4.59. The molecule has 1 aliphatic rings. The van der Waals surface area contributed by atoms with Crippen LogP contribution in [0.25, 0.3) is 0 Å². The number of hydrogen-bond donors (Lipinski definition) is 1. The van der Waals surface area contributed by atoms with Crippen molar-refractivity contribution in [3.8, 4) is 0 Å².